The number of aromatic hydroxyl groups is 1. The highest BCUT2D eigenvalue weighted by molar-refractivity contribution is 6.30. The Kier molecular flexibility index (Phi) is 2.92. The van der Waals surface area contributed by atoms with Crippen molar-refractivity contribution >= 4 is 17.4 Å². The van der Waals surface area contributed by atoms with Gasteiger partial charge in [-0.25, -0.2) is 0 Å². The summed E-state index contributed by atoms with van der Waals surface area (Å²) in [6.07, 6.45) is 0.803. The summed E-state index contributed by atoms with van der Waals surface area (Å²) in [7, 11) is 1.90. The molecule has 0 bridgehead atoms. The quantitative estimate of drug-likeness (QED) is 0.843. The van der Waals surface area contributed by atoms with Crippen LogP contribution in [0.25, 0.3) is 11.3 Å². The van der Waals surface area contributed by atoms with E-state index >= 15 is 0 Å². The predicted molar refractivity (Wildman–Crippen MR) is 75.3 cm³/mol. The maximum atomic E-state index is 10.1. The van der Waals surface area contributed by atoms with Gasteiger partial charge in [0.05, 0.1) is 18.9 Å². The van der Waals surface area contributed by atoms with E-state index in [2.05, 4.69) is 0 Å². The fourth-order valence-electron chi connectivity index (χ4n) is 2.65. The Morgan fingerprint density at radius 3 is 2.89 bits per heavy atom. The molecule has 1 aromatic heterocycles. The Hall–Kier alpha value is -1.65. The van der Waals surface area contributed by atoms with Crippen LogP contribution in [0.3, 0.4) is 0 Å². The molecule has 1 aliphatic heterocycles. The highest BCUT2D eigenvalue weighted by atomic mass is 35.5. The standard InChI is InChI=1S/C14H15ClN2O2/c1-17-13(10-3-2-8(15)6-12(10)18)9-4-5-19-7-11(9)14(17)16/h2-3,6,18H,4-5,7,16H2,1H3. The van der Waals surface area contributed by atoms with E-state index in [1.165, 1.54) is 0 Å². The van der Waals surface area contributed by atoms with Gasteiger partial charge in [-0.1, -0.05) is 11.6 Å². The summed E-state index contributed by atoms with van der Waals surface area (Å²) in [5, 5.41) is 10.6. The topological polar surface area (TPSA) is 60.4 Å². The Balaban J connectivity index is 2.25. The van der Waals surface area contributed by atoms with Gasteiger partial charge in [0.1, 0.15) is 11.6 Å². The van der Waals surface area contributed by atoms with Crippen LogP contribution >= 0.6 is 11.6 Å². The summed E-state index contributed by atoms with van der Waals surface area (Å²) < 4.78 is 7.36. The van der Waals surface area contributed by atoms with Gasteiger partial charge in [-0.2, -0.15) is 0 Å². The molecule has 0 spiro atoms. The normalized spacial score (nSPS) is 14.4. The summed E-state index contributed by atoms with van der Waals surface area (Å²) in [6.45, 7) is 1.21. The largest absolute Gasteiger partial charge is 0.507 e. The first-order chi connectivity index (χ1) is 9.09. The van der Waals surface area contributed by atoms with Crippen LogP contribution in [-0.4, -0.2) is 16.3 Å². The molecule has 3 N–H and O–H groups in total. The molecule has 4 nitrogen and oxygen atoms in total. The molecule has 3 rings (SSSR count). The number of halogens is 1. The number of fused-ring (bicyclic) bond motifs is 1. The van der Waals surface area contributed by atoms with Crippen LogP contribution in [0.1, 0.15) is 11.1 Å². The third kappa shape index (κ3) is 1.88. The molecule has 0 atom stereocenters. The molecule has 0 amide bonds. The lowest BCUT2D eigenvalue weighted by Gasteiger charge is -2.14. The molecule has 0 saturated heterocycles. The first-order valence-electron chi connectivity index (χ1n) is 6.12. The number of phenols is 1. The van der Waals surface area contributed by atoms with E-state index in [1.54, 1.807) is 12.1 Å². The Labute approximate surface area is 116 Å². The van der Waals surface area contributed by atoms with Crippen LogP contribution in [0.5, 0.6) is 5.75 Å². The zero-order valence-corrected chi connectivity index (χ0v) is 11.4. The van der Waals surface area contributed by atoms with Gasteiger partial charge in [-0.05, 0) is 30.2 Å². The molecule has 0 fully saturated rings. The van der Waals surface area contributed by atoms with E-state index in [1.807, 2.05) is 17.7 Å². The Bertz CT molecular complexity index is 649. The van der Waals surface area contributed by atoms with Gasteiger partial charge in [0.15, 0.2) is 0 Å². The minimum atomic E-state index is 0.169. The number of anilines is 1. The van der Waals surface area contributed by atoms with E-state index < -0.39 is 0 Å². The number of benzene rings is 1. The molecule has 0 unspecified atom stereocenters. The van der Waals surface area contributed by atoms with Crippen molar-refractivity contribution < 1.29 is 9.84 Å². The maximum absolute atomic E-state index is 10.1. The average molecular weight is 279 g/mol. The molecule has 0 aliphatic carbocycles. The Morgan fingerprint density at radius 1 is 1.37 bits per heavy atom. The van der Waals surface area contributed by atoms with Gasteiger partial charge in [0.25, 0.3) is 0 Å². The van der Waals surface area contributed by atoms with Gasteiger partial charge >= 0.3 is 0 Å². The highest BCUT2D eigenvalue weighted by Crippen LogP contribution is 2.39. The summed E-state index contributed by atoms with van der Waals surface area (Å²) in [5.74, 6) is 0.862. The van der Waals surface area contributed by atoms with E-state index in [0.29, 0.717) is 24.1 Å². The highest BCUT2D eigenvalue weighted by Gasteiger charge is 2.24. The van der Waals surface area contributed by atoms with Crippen LogP contribution in [0.2, 0.25) is 5.02 Å². The second kappa shape index (κ2) is 4.47. The fraction of sp³-hybridized carbons (Fsp3) is 0.286. The zero-order chi connectivity index (χ0) is 13.6. The summed E-state index contributed by atoms with van der Waals surface area (Å²) >= 11 is 5.88. The minimum absolute atomic E-state index is 0.169. The van der Waals surface area contributed by atoms with E-state index in [-0.39, 0.29) is 5.75 Å². The van der Waals surface area contributed by atoms with Crippen molar-refractivity contribution in [1.29, 1.82) is 0 Å². The monoisotopic (exact) mass is 278 g/mol. The average Bonchev–Trinajstić information content (AvgIpc) is 2.64. The zero-order valence-electron chi connectivity index (χ0n) is 10.6. The number of rotatable bonds is 1. The molecule has 1 aromatic carbocycles. The second-order valence-electron chi connectivity index (χ2n) is 4.71. The van der Waals surface area contributed by atoms with Crippen molar-refractivity contribution in [2.45, 2.75) is 13.0 Å². The fourth-order valence-corrected chi connectivity index (χ4v) is 2.82. The number of hydrogen-bond acceptors (Lipinski definition) is 3. The molecule has 0 saturated carbocycles. The van der Waals surface area contributed by atoms with Crippen molar-refractivity contribution in [2.24, 2.45) is 7.05 Å². The van der Waals surface area contributed by atoms with Crippen LogP contribution in [0.15, 0.2) is 18.2 Å². The lowest BCUT2D eigenvalue weighted by Crippen LogP contribution is -2.09. The van der Waals surface area contributed by atoms with Crippen molar-refractivity contribution in [3.8, 4) is 17.0 Å². The lowest BCUT2D eigenvalue weighted by molar-refractivity contribution is 0.112. The van der Waals surface area contributed by atoms with E-state index in [4.69, 9.17) is 22.1 Å². The van der Waals surface area contributed by atoms with Crippen molar-refractivity contribution in [3.63, 3.8) is 0 Å². The van der Waals surface area contributed by atoms with Gasteiger partial charge < -0.3 is 20.1 Å². The summed E-state index contributed by atoms with van der Waals surface area (Å²) in [5.41, 5.74) is 10.00. The first kappa shape index (κ1) is 12.4. The molecule has 0 radical (unpaired) electrons. The minimum Gasteiger partial charge on any atom is -0.507 e. The van der Waals surface area contributed by atoms with Crippen molar-refractivity contribution in [1.82, 2.24) is 4.57 Å². The maximum Gasteiger partial charge on any atom is 0.126 e. The number of ether oxygens (including phenoxy) is 1. The summed E-state index contributed by atoms with van der Waals surface area (Å²) in [4.78, 5) is 0. The molecule has 5 heteroatoms. The van der Waals surface area contributed by atoms with Crippen LogP contribution in [0, 0.1) is 0 Å². The number of nitrogen functional groups attached to an aromatic ring is 1. The number of aromatic nitrogens is 1. The van der Waals surface area contributed by atoms with Gasteiger partial charge in [-0.15, -0.1) is 0 Å². The molecule has 1 aliphatic rings. The molecule has 2 heterocycles. The Morgan fingerprint density at radius 2 is 2.16 bits per heavy atom. The molecule has 2 aromatic rings. The third-order valence-electron chi connectivity index (χ3n) is 3.61. The molecule has 19 heavy (non-hydrogen) atoms. The number of phenolic OH excluding ortho intramolecular Hbond substituents is 1. The predicted octanol–water partition coefficient (Wildman–Crippen LogP) is 2.71. The van der Waals surface area contributed by atoms with Gasteiger partial charge in [0, 0.05) is 23.2 Å². The third-order valence-corrected chi connectivity index (χ3v) is 3.85. The number of nitrogens with two attached hydrogens (primary N) is 1. The van der Waals surface area contributed by atoms with Crippen LogP contribution < -0.4 is 5.73 Å². The van der Waals surface area contributed by atoms with Gasteiger partial charge in [0.2, 0.25) is 0 Å². The number of hydrogen-bond donors (Lipinski definition) is 2. The first-order valence-corrected chi connectivity index (χ1v) is 6.50. The lowest BCUT2D eigenvalue weighted by atomic mass is 10.0. The number of nitrogens with zero attached hydrogens (tertiary/aromatic N) is 1. The molecular weight excluding hydrogens is 264 g/mol. The smallest absolute Gasteiger partial charge is 0.126 e. The van der Waals surface area contributed by atoms with Crippen LogP contribution in [0.4, 0.5) is 5.82 Å². The van der Waals surface area contributed by atoms with E-state index in [9.17, 15) is 5.11 Å². The van der Waals surface area contributed by atoms with Crippen molar-refractivity contribution in [3.05, 3.63) is 34.3 Å². The molecule has 100 valence electrons. The summed E-state index contributed by atoms with van der Waals surface area (Å²) in [6, 6.07) is 5.14. The van der Waals surface area contributed by atoms with Crippen LogP contribution in [-0.2, 0) is 24.8 Å². The molecular formula is C14H15ClN2O2. The van der Waals surface area contributed by atoms with Crippen molar-refractivity contribution in [2.75, 3.05) is 12.3 Å². The van der Waals surface area contributed by atoms with E-state index in [0.717, 1.165) is 28.8 Å². The second-order valence-corrected chi connectivity index (χ2v) is 5.15. The van der Waals surface area contributed by atoms with Gasteiger partial charge in [-0.3, -0.25) is 0 Å². The SMILES string of the molecule is Cn1c(N)c2c(c1-c1ccc(Cl)cc1O)CCOC2.